The van der Waals surface area contributed by atoms with E-state index in [2.05, 4.69) is 23.8 Å². The predicted molar refractivity (Wildman–Crippen MR) is 112 cm³/mol. The van der Waals surface area contributed by atoms with E-state index in [1.54, 1.807) is 0 Å². The summed E-state index contributed by atoms with van der Waals surface area (Å²) in [5.74, 6) is -0.601. The second kappa shape index (κ2) is 11.2. The Hall–Kier alpha value is -1.52. The van der Waals surface area contributed by atoms with Crippen molar-refractivity contribution in [1.29, 1.82) is 0 Å². The molecule has 0 bridgehead atoms. The van der Waals surface area contributed by atoms with Gasteiger partial charge in [-0.25, -0.2) is 8.78 Å². The summed E-state index contributed by atoms with van der Waals surface area (Å²) in [6.07, 6.45) is 17.5. The summed E-state index contributed by atoms with van der Waals surface area (Å²) in [4.78, 5) is 0. The van der Waals surface area contributed by atoms with Gasteiger partial charge in [0.25, 0.3) is 0 Å². The van der Waals surface area contributed by atoms with E-state index >= 15 is 0 Å². The number of rotatable bonds is 8. The first-order valence-corrected chi connectivity index (χ1v) is 11.5. The predicted octanol–water partition coefficient (Wildman–Crippen LogP) is 8.39. The maximum absolute atomic E-state index is 14.1. The molecule has 0 heterocycles. The van der Waals surface area contributed by atoms with Crippen LogP contribution < -0.4 is 4.74 Å². The van der Waals surface area contributed by atoms with E-state index in [0.717, 1.165) is 37.5 Å². The van der Waals surface area contributed by atoms with E-state index in [4.69, 9.17) is 0 Å². The van der Waals surface area contributed by atoms with E-state index in [9.17, 15) is 17.6 Å². The fourth-order valence-electron chi connectivity index (χ4n) is 5.58. The van der Waals surface area contributed by atoms with Crippen LogP contribution >= 0.6 is 0 Å². The molecular weight excluding hydrogens is 392 g/mol. The van der Waals surface area contributed by atoms with Crippen molar-refractivity contribution in [3.63, 3.8) is 0 Å². The lowest BCUT2D eigenvalue weighted by Crippen LogP contribution is -2.25. The number of allylic oxidation sites excluding steroid dienone is 2. The highest BCUT2D eigenvalue weighted by Crippen LogP contribution is 2.45. The molecule has 0 amide bonds. The third-order valence-electron chi connectivity index (χ3n) is 7.25. The molecule has 1 nitrogen and oxygen atoms in total. The standard InChI is InChI=1S/C25H34F4O/c1-2-3-4-5-6-17-7-9-18(10-8-17)19-11-13-20(14-12-19)21-15-22(26)24(23(27)16-21)30-25(28)29/h2-3,15-20,25H,4-14H2,1H3/b3-2+. The van der Waals surface area contributed by atoms with Crippen molar-refractivity contribution >= 4 is 0 Å². The highest BCUT2D eigenvalue weighted by atomic mass is 19.3. The van der Waals surface area contributed by atoms with Crippen LogP contribution in [0.3, 0.4) is 0 Å². The first-order valence-electron chi connectivity index (χ1n) is 11.5. The smallest absolute Gasteiger partial charge is 0.387 e. The third-order valence-corrected chi connectivity index (χ3v) is 7.25. The summed E-state index contributed by atoms with van der Waals surface area (Å²) in [6, 6.07) is 2.34. The number of hydrogen-bond acceptors (Lipinski definition) is 1. The monoisotopic (exact) mass is 426 g/mol. The molecule has 0 saturated heterocycles. The number of hydrogen-bond donors (Lipinski definition) is 0. The summed E-state index contributed by atoms with van der Waals surface area (Å²) in [6.45, 7) is -1.16. The second-order valence-corrected chi connectivity index (χ2v) is 9.08. The van der Waals surface area contributed by atoms with E-state index in [1.165, 1.54) is 57.1 Å². The minimum atomic E-state index is -3.24. The summed E-state index contributed by atoms with van der Waals surface area (Å²) >= 11 is 0. The van der Waals surface area contributed by atoms with Gasteiger partial charge in [-0.1, -0.05) is 31.4 Å². The molecule has 0 atom stereocenters. The van der Waals surface area contributed by atoms with Gasteiger partial charge in [-0.2, -0.15) is 8.78 Å². The molecule has 0 spiro atoms. The molecule has 168 valence electrons. The van der Waals surface area contributed by atoms with Crippen LogP contribution in [0.25, 0.3) is 0 Å². The molecule has 5 heteroatoms. The average molecular weight is 427 g/mol. The molecular formula is C25H34F4O. The summed E-state index contributed by atoms with van der Waals surface area (Å²) in [5, 5.41) is 0. The van der Waals surface area contributed by atoms with Crippen molar-refractivity contribution in [2.24, 2.45) is 17.8 Å². The van der Waals surface area contributed by atoms with Crippen molar-refractivity contribution < 1.29 is 22.3 Å². The zero-order chi connectivity index (χ0) is 21.5. The Kier molecular flexibility index (Phi) is 8.64. The Morgan fingerprint density at radius 1 is 0.933 bits per heavy atom. The molecule has 2 saturated carbocycles. The quantitative estimate of drug-likeness (QED) is 0.230. The number of halogens is 4. The van der Waals surface area contributed by atoms with Gasteiger partial charge in [-0.3, -0.25) is 0 Å². The molecule has 0 radical (unpaired) electrons. The fourth-order valence-corrected chi connectivity index (χ4v) is 5.58. The molecule has 0 N–H and O–H groups in total. The van der Waals surface area contributed by atoms with E-state index in [0.29, 0.717) is 11.5 Å². The van der Waals surface area contributed by atoms with Gasteiger partial charge in [0.05, 0.1) is 0 Å². The molecule has 2 aliphatic carbocycles. The second-order valence-electron chi connectivity index (χ2n) is 9.08. The van der Waals surface area contributed by atoms with E-state index in [1.807, 2.05) is 0 Å². The minimum absolute atomic E-state index is 0.0915. The number of alkyl halides is 2. The molecule has 30 heavy (non-hydrogen) atoms. The van der Waals surface area contributed by atoms with Crippen LogP contribution in [0.1, 0.15) is 89.0 Å². The van der Waals surface area contributed by atoms with Gasteiger partial charge in [0.15, 0.2) is 17.4 Å². The third kappa shape index (κ3) is 6.24. The minimum Gasteiger partial charge on any atom is -0.429 e. The van der Waals surface area contributed by atoms with E-state index < -0.39 is 24.0 Å². The molecule has 2 fully saturated rings. The summed E-state index contributed by atoms with van der Waals surface area (Å²) in [5.41, 5.74) is 0.565. The van der Waals surface area contributed by atoms with Crippen molar-refractivity contribution in [3.05, 3.63) is 41.5 Å². The van der Waals surface area contributed by atoms with Crippen LogP contribution in [0, 0.1) is 29.4 Å². The Morgan fingerprint density at radius 2 is 1.50 bits per heavy atom. The normalized spacial score (nSPS) is 27.7. The van der Waals surface area contributed by atoms with Crippen LogP contribution in [0.5, 0.6) is 5.75 Å². The molecule has 2 aliphatic rings. The van der Waals surface area contributed by atoms with Gasteiger partial charge >= 0.3 is 6.61 Å². The largest absolute Gasteiger partial charge is 0.429 e. The molecule has 0 aromatic heterocycles. The zero-order valence-corrected chi connectivity index (χ0v) is 17.9. The van der Waals surface area contributed by atoms with Gasteiger partial charge in [-0.15, -0.1) is 0 Å². The van der Waals surface area contributed by atoms with Crippen molar-refractivity contribution in [3.8, 4) is 5.75 Å². The van der Waals surface area contributed by atoms with Crippen molar-refractivity contribution in [2.45, 2.75) is 90.1 Å². The molecule has 0 aliphatic heterocycles. The molecule has 0 unspecified atom stereocenters. The Balaban J connectivity index is 1.46. The Labute approximate surface area is 177 Å². The first kappa shape index (κ1) is 23.1. The highest BCUT2D eigenvalue weighted by Gasteiger charge is 2.32. The van der Waals surface area contributed by atoms with Gasteiger partial charge in [0, 0.05) is 0 Å². The Bertz CT molecular complexity index is 663. The van der Waals surface area contributed by atoms with Crippen LogP contribution in [0.4, 0.5) is 17.6 Å². The molecule has 1 aromatic rings. The fraction of sp³-hybridized carbons (Fsp3) is 0.680. The average Bonchev–Trinajstić information content (AvgIpc) is 2.74. The molecule has 1 aromatic carbocycles. The Morgan fingerprint density at radius 3 is 2.03 bits per heavy atom. The van der Waals surface area contributed by atoms with Crippen LogP contribution in [0.15, 0.2) is 24.3 Å². The zero-order valence-electron chi connectivity index (χ0n) is 17.9. The van der Waals surface area contributed by atoms with Crippen molar-refractivity contribution in [1.82, 2.24) is 0 Å². The van der Waals surface area contributed by atoms with Crippen LogP contribution in [-0.2, 0) is 0 Å². The highest BCUT2D eigenvalue weighted by molar-refractivity contribution is 5.33. The molecule has 3 rings (SSSR count). The van der Waals surface area contributed by atoms with Crippen LogP contribution in [0.2, 0.25) is 0 Å². The van der Waals surface area contributed by atoms with Gasteiger partial charge in [0.2, 0.25) is 0 Å². The summed E-state index contributed by atoms with van der Waals surface area (Å²) < 4.78 is 56.7. The maximum Gasteiger partial charge on any atom is 0.387 e. The van der Waals surface area contributed by atoms with Gasteiger partial charge in [0.1, 0.15) is 0 Å². The maximum atomic E-state index is 14.1. The number of unbranched alkanes of at least 4 members (excludes halogenated alkanes) is 1. The summed E-state index contributed by atoms with van der Waals surface area (Å²) in [7, 11) is 0. The van der Waals surface area contributed by atoms with Gasteiger partial charge < -0.3 is 4.74 Å². The first-order chi connectivity index (χ1) is 14.5. The number of benzene rings is 1. The lowest BCUT2D eigenvalue weighted by molar-refractivity contribution is -0.0546. The number of ether oxygens (including phenoxy) is 1. The topological polar surface area (TPSA) is 9.23 Å². The lowest BCUT2D eigenvalue weighted by atomic mass is 9.68. The van der Waals surface area contributed by atoms with E-state index in [-0.39, 0.29) is 5.92 Å². The van der Waals surface area contributed by atoms with Crippen LogP contribution in [-0.4, -0.2) is 6.61 Å². The SMILES string of the molecule is C/C=C/CCCC1CCC(C2CCC(c3cc(F)c(OC(F)F)c(F)c3)CC2)CC1. The van der Waals surface area contributed by atoms with Gasteiger partial charge in [-0.05, 0) is 99.7 Å². The lowest BCUT2D eigenvalue weighted by Gasteiger charge is -2.38. The van der Waals surface area contributed by atoms with Crippen molar-refractivity contribution in [2.75, 3.05) is 0 Å².